The number of aliphatic hydroxyl groups is 2. The molecule has 1 unspecified atom stereocenters. The molecule has 39 heavy (non-hydrogen) atoms. The third-order valence-electron chi connectivity index (χ3n) is 6.54. The number of H-pyrrole nitrogens is 1. The van der Waals surface area contributed by atoms with Crippen molar-refractivity contribution in [2.75, 3.05) is 0 Å². The molecule has 2 aromatic carbocycles. The number of aromatic nitrogens is 2. The third kappa shape index (κ3) is 6.16. The lowest BCUT2D eigenvalue weighted by atomic mass is 9.82. The molecule has 1 fully saturated rings. The summed E-state index contributed by atoms with van der Waals surface area (Å²) >= 11 is 15.4. The van der Waals surface area contributed by atoms with Crippen LogP contribution < -0.4 is 11.2 Å². The van der Waals surface area contributed by atoms with Gasteiger partial charge in [0, 0.05) is 35.5 Å². The van der Waals surface area contributed by atoms with E-state index in [1.54, 1.807) is 48.5 Å². The predicted molar refractivity (Wildman–Crippen MR) is 149 cm³/mol. The van der Waals surface area contributed by atoms with E-state index in [1.807, 2.05) is 0 Å². The molecule has 4 rings (SSSR count). The minimum Gasteiger partial charge on any atom is -0.382 e. The third-order valence-corrected chi connectivity index (χ3v) is 7.54. The summed E-state index contributed by atoms with van der Waals surface area (Å²) in [6.45, 7) is 0. The zero-order valence-electron chi connectivity index (χ0n) is 20.2. The summed E-state index contributed by atoms with van der Waals surface area (Å²) in [4.78, 5) is 55.0. The first-order valence-corrected chi connectivity index (χ1v) is 13.4. The molecule has 2 heterocycles. The second-order valence-electron chi connectivity index (χ2n) is 9.05. The van der Waals surface area contributed by atoms with Crippen LogP contribution in [0.25, 0.3) is 6.08 Å². The molecule has 204 valence electrons. The fraction of sp³-hybridized carbons (Fsp3) is 0.259. The van der Waals surface area contributed by atoms with Crippen molar-refractivity contribution in [3.05, 3.63) is 107 Å². The molecule has 1 aliphatic rings. The number of halogens is 3. The first kappa shape index (κ1) is 29.1. The van der Waals surface area contributed by atoms with Gasteiger partial charge in [-0.3, -0.25) is 23.9 Å². The highest BCUT2D eigenvalue weighted by Gasteiger charge is 2.57. The number of ketones is 2. The SMILES string of the molecule is O=C(Cc1ccccc1Cl)C(O)[C@H]1O[C@@H](n2cc(C=CBr)c(=O)[nH]c2=O)C[C@@]1(O)C(=O)Cc1ccccc1Cl. The fourth-order valence-electron chi connectivity index (χ4n) is 4.46. The van der Waals surface area contributed by atoms with E-state index in [9.17, 15) is 29.4 Å². The average molecular weight is 638 g/mol. The Morgan fingerprint density at radius 1 is 1.10 bits per heavy atom. The zero-order chi connectivity index (χ0) is 28.3. The summed E-state index contributed by atoms with van der Waals surface area (Å²) in [6.07, 6.45) is -3.51. The van der Waals surface area contributed by atoms with Crippen molar-refractivity contribution in [3.63, 3.8) is 0 Å². The lowest BCUT2D eigenvalue weighted by Gasteiger charge is -2.29. The van der Waals surface area contributed by atoms with Crippen LogP contribution in [0, 0.1) is 0 Å². The number of nitrogens with zero attached hydrogens (tertiary/aromatic N) is 1. The minimum atomic E-state index is -2.39. The van der Waals surface area contributed by atoms with Gasteiger partial charge in [-0.05, 0) is 34.3 Å². The standard InChI is InChI=1S/C27H23BrCl2N2O7/c28-10-9-17-14-32(26(37)31-25(17)36)22-13-27(38,21(34)12-16-6-2-4-8-19(16)30)24(39-22)23(35)20(33)11-15-5-1-3-7-18(15)29/h1-10,14,22-24,35,38H,11-13H2,(H,31,36,37)/t22-,23?,24-,27-/m1/s1. The smallest absolute Gasteiger partial charge is 0.330 e. The number of nitrogens with one attached hydrogen (secondary N) is 1. The number of aliphatic hydroxyl groups excluding tert-OH is 1. The van der Waals surface area contributed by atoms with Crippen LogP contribution in [0.2, 0.25) is 10.0 Å². The number of aromatic amines is 1. The van der Waals surface area contributed by atoms with Crippen molar-refractivity contribution < 1.29 is 24.5 Å². The van der Waals surface area contributed by atoms with Crippen molar-refractivity contribution in [1.82, 2.24) is 9.55 Å². The Morgan fingerprint density at radius 2 is 1.69 bits per heavy atom. The quantitative estimate of drug-likeness (QED) is 0.327. The van der Waals surface area contributed by atoms with Crippen LogP contribution in [0.15, 0.2) is 69.3 Å². The van der Waals surface area contributed by atoms with Crippen LogP contribution in [0.5, 0.6) is 0 Å². The van der Waals surface area contributed by atoms with Gasteiger partial charge in [0.25, 0.3) is 5.56 Å². The first-order valence-electron chi connectivity index (χ1n) is 11.8. The molecule has 1 aromatic heterocycles. The fourth-order valence-corrected chi connectivity index (χ4v) is 5.15. The Labute approximate surface area is 240 Å². The lowest BCUT2D eigenvalue weighted by Crippen LogP contribution is -2.54. The van der Waals surface area contributed by atoms with Gasteiger partial charge >= 0.3 is 5.69 Å². The summed E-state index contributed by atoms with van der Waals surface area (Å²) in [6, 6.07) is 13.1. The van der Waals surface area contributed by atoms with Gasteiger partial charge in [0.1, 0.15) is 18.4 Å². The van der Waals surface area contributed by atoms with Crippen LogP contribution in [-0.4, -0.2) is 49.1 Å². The van der Waals surface area contributed by atoms with Crippen molar-refractivity contribution in [2.24, 2.45) is 0 Å². The molecule has 0 amide bonds. The molecule has 0 bridgehead atoms. The summed E-state index contributed by atoms with van der Waals surface area (Å²) in [5.74, 6) is -1.53. The zero-order valence-corrected chi connectivity index (χ0v) is 23.3. The molecule has 3 aromatic rings. The van der Waals surface area contributed by atoms with Crippen molar-refractivity contribution >= 4 is 56.8 Å². The second kappa shape index (κ2) is 12.1. The molecule has 0 saturated carbocycles. The van der Waals surface area contributed by atoms with E-state index < -0.39 is 53.3 Å². The molecule has 4 atom stereocenters. The number of carbonyl (C=O) groups excluding carboxylic acids is 2. The molecule has 9 nitrogen and oxygen atoms in total. The molecule has 0 radical (unpaired) electrons. The predicted octanol–water partition coefficient (Wildman–Crippen LogP) is 3.21. The number of carbonyl (C=O) groups is 2. The second-order valence-corrected chi connectivity index (χ2v) is 10.4. The Morgan fingerprint density at radius 3 is 2.28 bits per heavy atom. The number of ether oxygens (including phenoxy) is 1. The van der Waals surface area contributed by atoms with Crippen molar-refractivity contribution in [2.45, 2.75) is 43.3 Å². The minimum absolute atomic E-state index is 0.0832. The maximum absolute atomic E-state index is 13.5. The van der Waals surface area contributed by atoms with Gasteiger partial charge in [-0.1, -0.05) is 75.5 Å². The van der Waals surface area contributed by atoms with Crippen LogP contribution in [0.4, 0.5) is 0 Å². The average Bonchev–Trinajstić information content (AvgIpc) is 3.26. The van der Waals surface area contributed by atoms with Crippen LogP contribution >= 0.6 is 39.1 Å². The molecular weight excluding hydrogens is 615 g/mol. The molecule has 0 spiro atoms. The number of hydrogen-bond donors (Lipinski definition) is 3. The van der Waals surface area contributed by atoms with E-state index in [4.69, 9.17) is 27.9 Å². The summed E-state index contributed by atoms with van der Waals surface area (Å²) in [5, 5.41) is 23.4. The van der Waals surface area contributed by atoms with Gasteiger partial charge in [0.05, 0.1) is 5.56 Å². The van der Waals surface area contributed by atoms with E-state index in [-0.39, 0.29) is 18.4 Å². The normalized spacial score (nSPS) is 21.8. The van der Waals surface area contributed by atoms with Gasteiger partial charge in [-0.15, -0.1) is 0 Å². The Balaban J connectivity index is 1.71. The van der Waals surface area contributed by atoms with Crippen LogP contribution in [0.3, 0.4) is 0 Å². The van der Waals surface area contributed by atoms with Crippen molar-refractivity contribution in [1.29, 1.82) is 0 Å². The lowest BCUT2D eigenvalue weighted by molar-refractivity contribution is -0.160. The Kier molecular flexibility index (Phi) is 9.05. The number of benzene rings is 2. The largest absolute Gasteiger partial charge is 0.382 e. The molecule has 12 heteroatoms. The van der Waals surface area contributed by atoms with E-state index in [0.29, 0.717) is 21.2 Å². The monoisotopic (exact) mass is 636 g/mol. The topological polar surface area (TPSA) is 139 Å². The summed E-state index contributed by atoms with van der Waals surface area (Å²) < 4.78 is 6.84. The van der Waals surface area contributed by atoms with E-state index in [2.05, 4.69) is 20.9 Å². The highest BCUT2D eigenvalue weighted by atomic mass is 79.9. The van der Waals surface area contributed by atoms with Gasteiger partial charge < -0.3 is 14.9 Å². The molecule has 0 aliphatic carbocycles. The number of Topliss-reactive ketones (excluding diaryl/α,β-unsaturated/α-hetero) is 2. The van der Waals surface area contributed by atoms with Crippen LogP contribution in [0.1, 0.15) is 29.3 Å². The Bertz CT molecular complexity index is 1550. The summed E-state index contributed by atoms with van der Waals surface area (Å²) in [5.41, 5.74) is -2.98. The molecule has 1 aliphatic heterocycles. The van der Waals surface area contributed by atoms with Gasteiger partial charge in [0.15, 0.2) is 17.2 Å². The molecule has 3 N–H and O–H groups in total. The van der Waals surface area contributed by atoms with Crippen molar-refractivity contribution in [3.8, 4) is 0 Å². The maximum Gasteiger partial charge on any atom is 0.330 e. The number of rotatable bonds is 9. The summed E-state index contributed by atoms with van der Waals surface area (Å²) in [7, 11) is 0. The molecular formula is C27H23BrCl2N2O7. The first-order chi connectivity index (χ1) is 18.5. The van der Waals surface area contributed by atoms with E-state index in [0.717, 1.165) is 4.57 Å². The number of hydrogen-bond acceptors (Lipinski definition) is 7. The van der Waals surface area contributed by atoms with Crippen LogP contribution in [-0.2, 0) is 27.2 Å². The molecule has 1 saturated heterocycles. The van der Waals surface area contributed by atoms with E-state index >= 15 is 0 Å². The van der Waals surface area contributed by atoms with Gasteiger partial charge in [-0.2, -0.15) is 0 Å². The highest BCUT2D eigenvalue weighted by Crippen LogP contribution is 2.40. The van der Waals surface area contributed by atoms with Gasteiger partial charge in [0.2, 0.25) is 0 Å². The van der Waals surface area contributed by atoms with E-state index in [1.165, 1.54) is 17.3 Å². The highest BCUT2D eigenvalue weighted by molar-refractivity contribution is 9.11. The maximum atomic E-state index is 13.5. The van der Waals surface area contributed by atoms with Gasteiger partial charge in [-0.25, -0.2) is 4.79 Å². The Hall–Kier alpha value is -2.86.